The molecule has 13 aromatic rings. The van der Waals surface area contributed by atoms with Gasteiger partial charge in [0.1, 0.15) is 46.4 Å². The van der Waals surface area contributed by atoms with Crippen LogP contribution in [0.3, 0.4) is 0 Å². The monoisotopic (exact) mass is 1150 g/mol. The third kappa shape index (κ3) is 12.6. The third-order valence-corrected chi connectivity index (χ3v) is 25.5. The van der Waals surface area contributed by atoms with Crippen LogP contribution in [0.1, 0.15) is 33.4 Å². The van der Waals surface area contributed by atoms with Crippen LogP contribution >= 0.6 is 14.5 Å². The van der Waals surface area contributed by atoms with Crippen molar-refractivity contribution in [2.45, 2.75) is 38.5 Å². The van der Waals surface area contributed by atoms with Crippen LogP contribution in [-0.4, -0.2) is 0 Å². The van der Waals surface area contributed by atoms with Gasteiger partial charge in [-0.3, -0.25) is 0 Å². The highest BCUT2D eigenvalue weighted by atomic mass is 31.2. The summed E-state index contributed by atoms with van der Waals surface area (Å²) in [4.78, 5) is 0. The maximum absolute atomic E-state index is 2.34. The van der Waals surface area contributed by atoms with E-state index >= 15 is 0 Å². The molecule has 414 valence electrons. The molecule has 0 atom stereocenters. The Balaban J connectivity index is 0.593. The summed E-state index contributed by atoms with van der Waals surface area (Å²) in [5.74, 6) is 0. The highest BCUT2D eigenvalue weighted by molar-refractivity contribution is 7.95. The molecule has 4 nitrogen and oxygen atoms in total. The number of pyridine rings is 4. The van der Waals surface area contributed by atoms with Crippen molar-refractivity contribution >= 4 is 46.4 Å². The summed E-state index contributed by atoms with van der Waals surface area (Å²) in [7, 11) is -3.93. The van der Waals surface area contributed by atoms with Gasteiger partial charge in [-0.15, -0.1) is 0 Å². The Morgan fingerprint density at radius 2 is 0.337 bits per heavy atom. The van der Waals surface area contributed by atoms with E-state index in [1.54, 1.807) is 0 Å². The first kappa shape index (κ1) is 55.6. The van der Waals surface area contributed by atoms with Crippen LogP contribution in [0.25, 0.3) is 22.3 Å². The molecule has 0 radical (unpaired) electrons. The Kier molecular flexibility index (Phi) is 16.9. The summed E-state index contributed by atoms with van der Waals surface area (Å²) in [5.41, 5.74) is 12.7. The lowest BCUT2D eigenvalue weighted by molar-refractivity contribution is -0.689. The largest absolute Gasteiger partial charge is 0.201 e. The molecule has 4 aromatic heterocycles. The second-order valence-corrected chi connectivity index (χ2v) is 29.4. The first-order valence-electron chi connectivity index (χ1n) is 29.8. The molecular formula is C80H70N4P2+6. The number of aromatic nitrogens is 4. The molecule has 0 N–H and O–H groups in total. The van der Waals surface area contributed by atoms with Crippen LogP contribution in [0.4, 0.5) is 0 Å². The van der Waals surface area contributed by atoms with Crippen molar-refractivity contribution in [3.8, 4) is 22.3 Å². The number of hydrogen-bond donors (Lipinski definition) is 0. The molecule has 0 unspecified atom stereocenters. The molecule has 4 heterocycles. The van der Waals surface area contributed by atoms with Gasteiger partial charge < -0.3 is 0 Å². The first-order chi connectivity index (χ1) is 42.5. The van der Waals surface area contributed by atoms with E-state index < -0.39 is 14.5 Å². The van der Waals surface area contributed by atoms with Crippen molar-refractivity contribution in [1.29, 1.82) is 0 Å². The van der Waals surface area contributed by atoms with Gasteiger partial charge in [0, 0.05) is 70.8 Å². The van der Waals surface area contributed by atoms with Crippen LogP contribution in [0.5, 0.6) is 0 Å². The van der Waals surface area contributed by atoms with E-state index in [0.717, 1.165) is 38.5 Å². The summed E-state index contributed by atoms with van der Waals surface area (Å²) < 4.78 is 9.04. The Morgan fingerprint density at radius 3 is 0.512 bits per heavy atom. The molecular weight excluding hydrogens is 1080 g/mol. The summed E-state index contributed by atoms with van der Waals surface area (Å²) in [6.45, 7) is 3.25. The van der Waals surface area contributed by atoms with E-state index in [1.807, 2.05) is 0 Å². The lowest BCUT2D eigenvalue weighted by Crippen LogP contribution is -2.34. The molecule has 0 aliphatic rings. The van der Waals surface area contributed by atoms with E-state index in [0.29, 0.717) is 0 Å². The van der Waals surface area contributed by atoms with Gasteiger partial charge in [0.05, 0.1) is 12.3 Å². The lowest BCUT2D eigenvalue weighted by atomic mass is 10.1. The SMILES string of the molecule is c1ccc([P+](Cc2ccc(C[n+]3ccc(-c4cc[n+](Cc5ccc(C[n+]6ccc(-c7cc[n+](Cc8ccc(C[P+](c9ccccc9)(c9ccccc9)c9ccccc9)cc8)cc7)cc6)cc5)cc4)cc3)cc2)(c2ccccc2)c2ccccc2)cc1. The molecule has 13 rings (SSSR count). The molecule has 6 heteroatoms. The quantitative estimate of drug-likeness (QED) is 0.0534. The average Bonchev–Trinajstić information content (AvgIpc) is 1.04. The maximum atomic E-state index is 2.34. The van der Waals surface area contributed by atoms with E-state index in [4.69, 9.17) is 0 Å². The van der Waals surface area contributed by atoms with Crippen molar-refractivity contribution in [2.24, 2.45) is 0 Å². The van der Waals surface area contributed by atoms with Crippen molar-refractivity contribution < 1.29 is 18.3 Å². The molecule has 0 bridgehead atoms. The molecule has 0 amide bonds. The molecule has 86 heavy (non-hydrogen) atoms. The molecule has 0 saturated heterocycles. The Bertz CT molecular complexity index is 3760. The van der Waals surface area contributed by atoms with Crippen molar-refractivity contribution in [1.82, 2.24) is 0 Å². The Labute approximate surface area is 508 Å². The van der Waals surface area contributed by atoms with Gasteiger partial charge in [-0.05, 0) is 106 Å². The first-order valence-corrected chi connectivity index (χ1v) is 33.8. The van der Waals surface area contributed by atoms with Crippen molar-refractivity contribution in [3.63, 3.8) is 0 Å². The highest BCUT2D eigenvalue weighted by Crippen LogP contribution is 2.59. The number of nitrogens with zero attached hydrogens (tertiary/aromatic N) is 4. The highest BCUT2D eigenvalue weighted by Gasteiger charge is 2.46. The molecule has 0 saturated carbocycles. The van der Waals surface area contributed by atoms with Crippen LogP contribution in [0.15, 0.2) is 353 Å². The van der Waals surface area contributed by atoms with E-state index in [-0.39, 0.29) is 0 Å². The van der Waals surface area contributed by atoms with Gasteiger partial charge in [0.2, 0.25) is 0 Å². The van der Waals surface area contributed by atoms with Gasteiger partial charge in [0.25, 0.3) is 0 Å². The normalized spacial score (nSPS) is 11.5. The fraction of sp³-hybridized carbons (Fsp3) is 0.0750. The van der Waals surface area contributed by atoms with E-state index in [2.05, 4.69) is 371 Å². The predicted octanol–water partition coefficient (Wildman–Crippen LogP) is 13.4. The zero-order valence-electron chi connectivity index (χ0n) is 48.4. The van der Waals surface area contributed by atoms with E-state index in [9.17, 15) is 0 Å². The molecule has 0 aliphatic carbocycles. The molecule has 9 aromatic carbocycles. The van der Waals surface area contributed by atoms with Crippen LogP contribution < -0.4 is 50.1 Å². The van der Waals surface area contributed by atoms with Crippen LogP contribution in [-0.2, 0) is 38.5 Å². The summed E-state index contributed by atoms with van der Waals surface area (Å²) in [5, 5.41) is 8.44. The number of hydrogen-bond acceptors (Lipinski definition) is 0. The molecule has 0 aliphatic heterocycles. The smallest absolute Gasteiger partial charge is 0.173 e. The Hall–Kier alpha value is -9.56. The van der Waals surface area contributed by atoms with E-state index in [1.165, 1.54) is 87.5 Å². The zero-order valence-corrected chi connectivity index (χ0v) is 50.2. The summed E-state index contributed by atoms with van der Waals surface area (Å²) in [6.07, 6.45) is 19.5. The fourth-order valence-corrected chi connectivity index (χ4v) is 20.7. The minimum atomic E-state index is -1.96. The van der Waals surface area contributed by atoms with Gasteiger partial charge in [-0.25, -0.2) is 18.3 Å². The fourth-order valence-electron chi connectivity index (χ4n) is 12.2. The summed E-state index contributed by atoms with van der Waals surface area (Å²) >= 11 is 0. The topological polar surface area (TPSA) is 15.5 Å². The van der Waals surface area contributed by atoms with Gasteiger partial charge in [0.15, 0.2) is 75.8 Å². The van der Waals surface area contributed by atoms with Gasteiger partial charge >= 0.3 is 0 Å². The number of rotatable bonds is 20. The minimum Gasteiger partial charge on any atom is -0.201 e. The minimum absolute atomic E-state index is 0.813. The summed E-state index contributed by atoms with van der Waals surface area (Å²) in [6, 6.07) is 112. The van der Waals surface area contributed by atoms with Crippen LogP contribution in [0.2, 0.25) is 0 Å². The molecule has 0 spiro atoms. The maximum Gasteiger partial charge on any atom is 0.173 e. The van der Waals surface area contributed by atoms with Crippen molar-refractivity contribution in [3.05, 3.63) is 386 Å². The lowest BCUT2D eigenvalue weighted by Gasteiger charge is -2.28. The number of benzene rings is 9. The Morgan fingerprint density at radius 1 is 0.174 bits per heavy atom. The van der Waals surface area contributed by atoms with Crippen LogP contribution in [0, 0.1) is 0 Å². The van der Waals surface area contributed by atoms with Gasteiger partial charge in [-0.2, -0.15) is 0 Å². The zero-order chi connectivity index (χ0) is 57.8. The average molecular weight is 1150 g/mol. The van der Waals surface area contributed by atoms with Crippen molar-refractivity contribution in [2.75, 3.05) is 0 Å². The molecule has 0 fully saturated rings. The van der Waals surface area contributed by atoms with Gasteiger partial charge in [-0.1, -0.05) is 182 Å². The standard InChI is InChI=1S/C80H70N4P2/c1-7-19-75(20-8-1)85(76-21-9-2-10-22-76,77-23-11-3-12-24-77)63-69-39-35-67(36-40-69)61-83-55-47-73(48-56-83)71-43-51-81(52-44-71)59-65-31-33-66(34-32-65)60-82-53-45-72(46-54-82)74-49-57-84(58-50-74)62-68-37-41-70(42-38-68)64-86(78-25-13-4-14-26-78,79-27-15-5-16-28-79)80-29-17-6-18-30-80/h1-58H,59-64H2/q+6. The second kappa shape index (κ2) is 26.1. The predicted molar refractivity (Wildman–Crippen MR) is 358 cm³/mol. The third-order valence-electron chi connectivity index (χ3n) is 16.8. The second-order valence-electron chi connectivity index (χ2n) is 22.4.